The molecule has 0 saturated carbocycles. The molecule has 0 saturated heterocycles. The van der Waals surface area contributed by atoms with Crippen molar-refractivity contribution in [2.24, 2.45) is 0 Å². The van der Waals surface area contributed by atoms with Gasteiger partial charge in [0.25, 0.3) is 11.8 Å². The van der Waals surface area contributed by atoms with Crippen LogP contribution in [0, 0.1) is 0 Å². The van der Waals surface area contributed by atoms with Gasteiger partial charge >= 0.3 is 0 Å². The fourth-order valence-corrected chi connectivity index (χ4v) is 4.37. The molecule has 0 bridgehead atoms. The summed E-state index contributed by atoms with van der Waals surface area (Å²) in [6.45, 7) is -0.157. The molecule has 3 rings (SSSR count). The number of thiazole rings is 1. The lowest BCUT2D eigenvalue weighted by Gasteiger charge is -2.13. The van der Waals surface area contributed by atoms with Crippen molar-refractivity contribution in [1.29, 1.82) is 0 Å². The van der Waals surface area contributed by atoms with E-state index in [2.05, 4.69) is 10.3 Å². The van der Waals surface area contributed by atoms with Crippen LogP contribution in [-0.2, 0) is 4.79 Å². The maximum Gasteiger partial charge on any atom is 0.261 e. The van der Waals surface area contributed by atoms with Gasteiger partial charge in [-0.2, -0.15) is 0 Å². The number of nitrogens with zero attached hydrogens (tertiary/aromatic N) is 2. The summed E-state index contributed by atoms with van der Waals surface area (Å²) in [5, 5.41) is 4.95. The topological polar surface area (TPSA) is 71.5 Å². The van der Waals surface area contributed by atoms with Gasteiger partial charge in [0.05, 0.1) is 15.6 Å². The number of likely N-dealkylation sites (N-methyl/N-ethyl adjacent to an activating group) is 1. The average molecular weight is 456 g/mol. The maximum atomic E-state index is 12.7. The Labute approximate surface area is 179 Å². The summed E-state index contributed by atoms with van der Waals surface area (Å²) >= 11 is 14.7. The van der Waals surface area contributed by atoms with E-state index in [1.54, 1.807) is 49.8 Å². The molecule has 0 atom stereocenters. The van der Waals surface area contributed by atoms with E-state index in [4.69, 9.17) is 27.9 Å². The number of benzene rings is 1. The van der Waals surface area contributed by atoms with Crippen molar-refractivity contribution in [1.82, 2.24) is 9.88 Å². The van der Waals surface area contributed by atoms with Gasteiger partial charge in [0, 0.05) is 25.0 Å². The van der Waals surface area contributed by atoms with E-state index < -0.39 is 0 Å². The van der Waals surface area contributed by atoms with Crippen molar-refractivity contribution in [2.45, 2.75) is 0 Å². The zero-order chi connectivity index (χ0) is 20.3. The maximum absolute atomic E-state index is 12.7. The van der Waals surface area contributed by atoms with Crippen LogP contribution in [0.25, 0.3) is 11.3 Å². The molecule has 2 aromatic heterocycles. The highest BCUT2D eigenvalue weighted by atomic mass is 35.5. The lowest BCUT2D eigenvalue weighted by Crippen LogP contribution is -2.28. The highest BCUT2D eigenvalue weighted by Gasteiger charge is 2.17. The van der Waals surface area contributed by atoms with E-state index in [1.807, 2.05) is 0 Å². The molecule has 10 heteroatoms. The van der Waals surface area contributed by atoms with E-state index in [0.717, 1.165) is 5.56 Å². The van der Waals surface area contributed by atoms with Crippen molar-refractivity contribution in [2.75, 3.05) is 26.0 Å². The highest BCUT2D eigenvalue weighted by molar-refractivity contribution is 7.20. The standard InChI is InChI=1S/C18H15Cl2N3O3S2/c1-23(2)15(24)8-26-13-6-4-3-5-10(13)17(25)22-18-21-12(9-27-18)11-7-14(19)28-16(11)20/h3-7,9H,8H2,1-2H3,(H,21,22,25). The van der Waals surface area contributed by atoms with Gasteiger partial charge in [-0.05, 0) is 18.2 Å². The number of amides is 2. The molecule has 2 amide bonds. The fourth-order valence-electron chi connectivity index (χ4n) is 2.18. The Morgan fingerprint density at radius 1 is 1.25 bits per heavy atom. The molecule has 0 aliphatic carbocycles. The van der Waals surface area contributed by atoms with E-state index in [-0.39, 0.29) is 18.4 Å². The molecule has 1 aromatic carbocycles. The zero-order valence-electron chi connectivity index (χ0n) is 14.9. The van der Waals surface area contributed by atoms with Crippen LogP contribution in [0.5, 0.6) is 5.75 Å². The second-order valence-electron chi connectivity index (χ2n) is 5.80. The van der Waals surface area contributed by atoms with Crippen molar-refractivity contribution in [3.05, 3.63) is 49.9 Å². The molecule has 0 radical (unpaired) electrons. The monoisotopic (exact) mass is 455 g/mol. The van der Waals surface area contributed by atoms with Crippen LogP contribution in [0.4, 0.5) is 5.13 Å². The van der Waals surface area contributed by atoms with Crippen LogP contribution >= 0.6 is 45.9 Å². The van der Waals surface area contributed by atoms with Crippen LogP contribution in [0.1, 0.15) is 10.4 Å². The number of thiophene rings is 1. The molecule has 146 valence electrons. The quantitative estimate of drug-likeness (QED) is 0.573. The Hall–Kier alpha value is -2.13. The Balaban J connectivity index is 1.74. The predicted molar refractivity (Wildman–Crippen MR) is 114 cm³/mol. The van der Waals surface area contributed by atoms with Gasteiger partial charge in [0.15, 0.2) is 11.7 Å². The first kappa shape index (κ1) is 20.6. The molecule has 6 nitrogen and oxygen atoms in total. The van der Waals surface area contributed by atoms with E-state index in [1.165, 1.54) is 27.6 Å². The molecule has 0 aliphatic heterocycles. The first-order valence-electron chi connectivity index (χ1n) is 7.99. The van der Waals surface area contributed by atoms with Crippen LogP contribution in [0.3, 0.4) is 0 Å². The van der Waals surface area contributed by atoms with Crippen LogP contribution in [0.2, 0.25) is 8.67 Å². The van der Waals surface area contributed by atoms with E-state index >= 15 is 0 Å². The summed E-state index contributed by atoms with van der Waals surface area (Å²) in [7, 11) is 3.27. The van der Waals surface area contributed by atoms with Crippen molar-refractivity contribution < 1.29 is 14.3 Å². The van der Waals surface area contributed by atoms with E-state index in [0.29, 0.717) is 30.8 Å². The van der Waals surface area contributed by atoms with Crippen molar-refractivity contribution >= 4 is 62.8 Å². The molecule has 0 fully saturated rings. The molecule has 0 aliphatic rings. The van der Waals surface area contributed by atoms with Crippen LogP contribution < -0.4 is 10.1 Å². The second-order valence-corrected chi connectivity index (χ2v) is 8.95. The second kappa shape index (κ2) is 8.91. The predicted octanol–water partition coefficient (Wildman–Crippen LogP) is 4.90. The van der Waals surface area contributed by atoms with Gasteiger partial charge in [-0.25, -0.2) is 4.98 Å². The lowest BCUT2D eigenvalue weighted by atomic mass is 10.2. The zero-order valence-corrected chi connectivity index (χ0v) is 18.0. The Morgan fingerprint density at radius 3 is 2.68 bits per heavy atom. The summed E-state index contributed by atoms with van der Waals surface area (Å²) in [4.78, 5) is 30.2. The van der Waals surface area contributed by atoms with Gasteiger partial charge in [-0.3, -0.25) is 14.9 Å². The van der Waals surface area contributed by atoms with Crippen molar-refractivity contribution in [3.63, 3.8) is 0 Å². The number of carbonyl (C=O) groups is 2. The third-order valence-corrected chi connectivity index (χ3v) is 5.88. The fraction of sp³-hybridized carbons (Fsp3) is 0.167. The highest BCUT2D eigenvalue weighted by Crippen LogP contribution is 2.39. The third-order valence-electron chi connectivity index (χ3n) is 3.64. The minimum atomic E-state index is -0.386. The molecular formula is C18H15Cl2N3O3S2. The number of rotatable bonds is 6. The molecule has 0 unspecified atom stereocenters. The number of nitrogens with one attached hydrogen (secondary N) is 1. The van der Waals surface area contributed by atoms with Crippen LogP contribution in [-0.4, -0.2) is 42.4 Å². The SMILES string of the molecule is CN(C)C(=O)COc1ccccc1C(=O)Nc1nc(-c2cc(Cl)sc2Cl)cs1. The minimum Gasteiger partial charge on any atom is -0.483 e. The number of ether oxygens (including phenoxy) is 1. The number of anilines is 1. The molecule has 2 heterocycles. The van der Waals surface area contributed by atoms with Gasteiger partial charge in [-0.1, -0.05) is 35.3 Å². The lowest BCUT2D eigenvalue weighted by molar-refractivity contribution is -0.130. The van der Waals surface area contributed by atoms with Crippen LogP contribution in [0.15, 0.2) is 35.7 Å². The smallest absolute Gasteiger partial charge is 0.261 e. The molecule has 28 heavy (non-hydrogen) atoms. The number of halogens is 2. The molecule has 3 aromatic rings. The van der Waals surface area contributed by atoms with Gasteiger partial charge in [0.2, 0.25) is 0 Å². The van der Waals surface area contributed by atoms with Gasteiger partial charge < -0.3 is 9.64 Å². The average Bonchev–Trinajstić information content (AvgIpc) is 3.25. The summed E-state index contributed by atoms with van der Waals surface area (Å²) < 4.78 is 6.62. The summed E-state index contributed by atoms with van der Waals surface area (Å²) in [6, 6.07) is 8.44. The summed E-state index contributed by atoms with van der Waals surface area (Å²) in [6.07, 6.45) is 0. The van der Waals surface area contributed by atoms with E-state index in [9.17, 15) is 9.59 Å². The molecular weight excluding hydrogens is 441 g/mol. The Kier molecular flexibility index (Phi) is 6.56. The molecule has 1 N–H and O–H groups in total. The number of carbonyl (C=O) groups excluding carboxylic acids is 2. The van der Waals surface area contributed by atoms with Gasteiger partial charge in [-0.15, -0.1) is 22.7 Å². The normalized spacial score (nSPS) is 10.6. The summed E-state index contributed by atoms with van der Waals surface area (Å²) in [5.74, 6) is -0.269. The Morgan fingerprint density at radius 2 is 2.00 bits per heavy atom. The first-order valence-corrected chi connectivity index (χ1v) is 10.4. The van der Waals surface area contributed by atoms with Gasteiger partial charge in [0.1, 0.15) is 10.1 Å². The third kappa shape index (κ3) is 4.82. The Bertz CT molecular complexity index is 1020. The largest absolute Gasteiger partial charge is 0.483 e. The minimum absolute atomic E-state index is 0.157. The number of para-hydroxylation sites is 1. The number of hydrogen-bond acceptors (Lipinski definition) is 6. The summed E-state index contributed by atoms with van der Waals surface area (Å²) in [5.41, 5.74) is 1.66. The van der Waals surface area contributed by atoms with Crippen molar-refractivity contribution in [3.8, 4) is 17.0 Å². The number of hydrogen-bond donors (Lipinski definition) is 1. The molecule has 0 spiro atoms. The first-order chi connectivity index (χ1) is 13.3. The number of aromatic nitrogens is 1.